The lowest BCUT2D eigenvalue weighted by Crippen LogP contribution is -2.30. The van der Waals surface area contributed by atoms with Crippen molar-refractivity contribution in [2.45, 2.75) is 24.8 Å². The first-order valence-electron chi connectivity index (χ1n) is 8.95. The average Bonchev–Trinajstić information content (AvgIpc) is 3.30. The molecular weight excluding hydrogens is 421 g/mol. The zero-order valence-corrected chi connectivity index (χ0v) is 16.8. The van der Waals surface area contributed by atoms with E-state index >= 15 is 0 Å². The van der Waals surface area contributed by atoms with Crippen LogP contribution in [0, 0.1) is 6.92 Å². The quantitative estimate of drug-likeness (QED) is 0.416. The Morgan fingerprint density at radius 3 is 2.67 bits per heavy atom. The summed E-state index contributed by atoms with van der Waals surface area (Å²) in [5, 5.41) is 11.4. The van der Waals surface area contributed by atoms with E-state index < -0.39 is 18.9 Å². The highest BCUT2D eigenvalue weighted by Gasteiger charge is 2.29. The number of alkyl halides is 3. The van der Waals surface area contributed by atoms with Gasteiger partial charge in [-0.1, -0.05) is 42.1 Å². The summed E-state index contributed by atoms with van der Waals surface area (Å²) in [6.45, 7) is 0.849. The molecule has 3 aromatic rings. The molecule has 0 saturated carbocycles. The smallest absolute Gasteiger partial charge is 0.422 e. The Balaban J connectivity index is 1.65. The third-order valence-corrected chi connectivity index (χ3v) is 4.94. The molecule has 0 saturated heterocycles. The number of benzene rings is 1. The lowest BCUT2D eigenvalue weighted by atomic mass is 10.2. The Hall–Kier alpha value is -2.95. The van der Waals surface area contributed by atoms with Crippen LogP contribution >= 0.6 is 11.8 Å². The monoisotopic (exact) mass is 440 g/mol. The van der Waals surface area contributed by atoms with Gasteiger partial charge >= 0.3 is 12.3 Å². The lowest BCUT2D eigenvalue weighted by molar-refractivity contribution is -0.160. The van der Waals surface area contributed by atoms with Crippen LogP contribution in [0.4, 0.5) is 18.0 Å². The first kappa shape index (κ1) is 21.8. The summed E-state index contributed by atoms with van der Waals surface area (Å²) in [4.78, 5) is 11.3. The Morgan fingerprint density at radius 2 is 2.00 bits per heavy atom. The Morgan fingerprint density at radius 1 is 1.23 bits per heavy atom. The molecule has 2 aromatic heterocycles. The van der Waals surface area contributed by atoms with Gasteiger partial charge in [0.2, 0.25) is 0 Å². The van der Waals surface area contributed by atoms with Gasteiger partial charge in [-0.15, -0.1) is 10.2 Å². The third-order valence-electron chi connectivity index (χ3n) is 3.97. The fourth-order valence-electron chi connectivity index (χ4n) is 2.61. The maximum absolute atomic E-state index is 12.1. The minimum absolute atomic E-state index is 0.111. The fraction of sp³-hybridized carbons (Fsp3) is 0.316. The maximum atomic E-state index is 12.1. The number of carbonyl (C=O) groups is 1. The van der Waals surface area contributed by atoms with Crippen molar-refractivity contribution in [1.82, 2.24) is 20.1 Å². The summed E-state index contributed by atoms with van der Waals surface area (Å²) >= 11 is 1.32. The molecule has 1 N–H and O–H groups in total. The number of alkyl carbamates (subject to hydrolysis) is 1. The number of nitrogens with one attached hydrogen (secondary N) is 1. The van der Waals surface area contributed by atoms with Gasteiger partial charge in [-0.25, -0.2) is 4.79 Å². The number of nitrogens with zero attached hydrogens (tertiary/aromatic N) is 3. The second-order valence-electron chi connectivity index (χ2n) is 6.23. The van der Waals surface area contributed by atoms with Crippen LogP contribution in [0.2, 0.25) is 0 Å². The van der Waals surface area contributed by atoms with E-state index in [1.54, 1.807) is 6.26 Å². The number of hydrogen-bond acceptors (Lipinski definition) is 6. The van der Waals surface area contributed by atoms with Crippen LogP contribution in [-0.4, -0.2) is 45.9 Å². The van der Waals surface area contributed by atoms with E-state index in [4.69, 9.17) is 4.42 Å². The number of furan rings is 1. The van der Waals surface area contributed by atoms with Gasteiger partial charge in [0, 0.05) is 12.3 Å². The highest BCUT2D eigenvalue weighted by molar-refractivity contribution is 7.99. The molecule has 0 unspecified atom stereocenters. The molecule has 30 heavy (non-hydrogen) atoms. The van der Waals surface area contributed by atoms with Crippen LogP contribution in [0.1, 0.15) is 11.3 Å². The summed E-state index contributed by atoms with van der Waals surface area (Å²) in [6, 6.07) is 11.6. The number of hydrogen-bond donors (Lipinski definition) is 1. The topological polar surface area (TPSA) is 82.2 Å². The number of aryl methyl sites for hydroxylation is 1. The number of amides is 1. The van der Waals surface area contributed by atoms with Crippen molar-refractivity contribution in [3.63, 3.8) is 0 Å². The number of aromatic nitrogens is 3. The van der Waals surface area contributed by atoms with E-state index in [0.717, 1.165) is 11.1 Å². The predicted octanol–water partition coefficient (Wildman–Crippen LogP) is 4.28. The normalized spacial score (nSPS) is 11.5. The Bertz CT molecular complexity index is 973. The van der Waals surface area contributed by atoms with E-state index in [1.807, 2.05) is 47.9 Å². The Kier molecular flexibility index (Phi) is 7.03. The van der Waals surface area contributed by atoms with Crippen molar-refractivity contribution in [1.29, 1.82) is 0 Å². The lowest BCUT2D eigenvalue weighted by Gasteiger charge is -2.11. The summed E-state index contributed by atoms with van der Waals surface area (Å²) in [7, 11) is 0. The highest BCUT2D eigenvalue weighted by atomic mass is 32.2. The summed E-state index contributed by atoms with van der Waals surface area (Å²) in [6.07, 6.45) is -4.09. The van der Waals surface area contributed by atoms with E-state index in [0.29, 0.717) is 29.0 Å². The first-order chi connectivity index (χ1) is 14.3. The SMILES string of the molecule is Cc1occc1-c1nnc(SCCNC(=O)OCC(F)(F)F)n1Cc1ccccc1. The molecule has 160 valence electrons. The van der Waals surface area contributed by atoms with Crippen LogP contribution in [0.5, 0.6) is 0 Å². The molecule has 1 amide bonds. The number of carbonyl (C=O) groups excluding carboxylic acids is 1. The molecule has 3 rings (SSSR count). The van der Waals surface area contributed by atoms with Gasteiger partial charge in [0.15, 0.2) is 17.6 Å². The molecule has 11 heteroatoms. The van der Waals surface area contributed by atoms with Crippen LogP contribution in [0.15, 0.2) is 52.2 Å². The third kappa shape index (κ3) is 6.02. The maximum Gasteiger partial charge on any atom is 0.422 e. The van der Waals surface area contributed by atoms with Crippen molar-refractivity contribution in [3.8, 4) is 11.4 Å². The molecule has 0 spiro atoms. The number of rotatable bonds is 8. The second-order valence-corrected chi connectivity index (χ2v) is 7.30. The zero-order valence-electron chi connectivity index (χ0n) is 16.0. The molecule has 0 fully saturated rings. The van der Waals surface area contributed by atoms with Crippen molar-refractivity contribution in [2.24, 2.45) is 0 Å². The summed E-state index contributed by atoms with van der Waals surface area (Å²) in [5.74, 6) is 1.73. The largest absolute Gasteiger partial charge is 0.469 e. The minimum atomic E-state index is -4.55. The van der Waals surface area contributed by atoms with E-state index in [9.17, 15) is 18.0 Å². The predicted molar refractivity (Wildman–Crippen MR) is 104 cm³/mol. The molecular formula is C19H19F3N4O3S. The molecule has 2 heterocycles. The van der Waals surface area contributed by atoms with Gasteiger partial charge in [-0.3, -0.25) is 4.57 Å². The number of thioether (sulfide) groups is 1. The molecule has 0 radical (unpaired) electrons. The number of halogens is 3. The molecule has 0 atom stereocenters. The molecule has 0 aliphatic carbocycles. The van der Waals surface area contributed by atoms with Gasteiger partial charge in [0.1, 0.15) is 5.76 Å². The standard InChI is InChI=1S/C19H19F3N4O3S/c1-13-15(7-9-28-13)16-24-25-17(26(16)11-14-5-3-2-4-6-14)30-10-8-23-18(27)29-12-19(20,21)22/h2-7,9H,8,10-12H2,1H3,(H,23,27). The number of ether oxygens (including phenoxy) is 1. The molecule has 1 aromatic carbocycles. The van der Waals surface area contributed by atoms with Crippen molar-refractivity contribution in [3.05, 3.63) is 54.0 Å². The zero-order chi connectivity index (χ0) is 21.6. The van der Waals surface area contributed by atoms with Gasteiger partial charge < -0.3 is 14.5 Å². The molecule has 0 aliphatic heterocycles. The first-order valence-corrected chi connectivity index (χ1v) is 9.94. The van der Waals surface area contributed by atoms with Gasteiger partial charge in [0.05, 0.1) is 18.4 Å². The summed E-state index contributed by atoms with van der Waals surface area (Å²) in [5.41, 5.74) is 1.87. The average molecular weight is 440 g/mol. The highest BCUT2D eigenvalue weighted by Crippen LogP contribution is 2.27. The molecule has 7 nitrogen and oxygen atoms in total. The van der Waals surface area contributed by atoms with Gasteiger partial charge in [-0.05, 0) is 18.6 Å². The van der Waals surface area contributed by atoms with E-state index in [2.05, 4.69) is 20.3 Å². The van der Waals surface area contributed by atoms with Crippen LogP contribution in [-0.2, 0) is 11.3 Å². The molecule has 0 aliphatic rings. The van der Waals surface area contributed by atoms with Gasteiger partial charge in [0.25, 0.3) is 0 Å². The summed E-state index contributed by atoms with van der Waals surface area (Å²) < 4.78 is 47.6. The van der Waals surface area contributed by atoms with Crippen LogP contribution < -0.4 is 5.32 Å². The molecule has 0 bridgehead atoms. The fourth-order valence-corrected chi connectivity index (χ4v) is 3.41. The van der Waals surface area contributed by atoms with Crippen molar-refractivity contribution >= 4 is 17.9 Å². The van der Waals surface area contributed by atoms with E-state index in [1.165, 1.54) is 11.8 Å². The second kappa shape index (κ2) is 9.70. The Labute approximate surface area is 174 Å². The minimum Gasteiger partial charge on any atom is -0.469 e. The van der Waals surface area contributed by atoms with Crippen LogP contribution in [0.25, 0.3) is 11.4 Å². The van der Waals surface area contributed by atoms with Crippen molar-refractivity contribution in [2.75, 3.05) is 18.9 Å². The van der Waals surface area contributed by atoms with Crippen molar-refractivity contribution < 1.29 is 27.1 Å². The van der Waals surface area contributed by atoms with Crippen LogP contribution in [0.3, 0.4) is 0 Å². The van der Waals surface area contributed by atoms with E-state index in [-0.39, 0.29) is 6.54 Å². The van der Waals surface area contributed by atoms with Gasteiger partial charge in [-0.2, -0.15) is 13.2 Å².